The van der Waals surface area contributed by atoms with Crippen LogP contribution in [0.5, 0.6) is 0 Å². The molecule has 2 nitrogen and oxygen atoms in total. The summed E-state index contributed by atoms with van der Waals surface area (Å²) in [5.74, 6) is 0. The van der Waals surface area contributed by atoms with Crippen LogP contribution in [-0.2, 0) is 0 Å². The Balaban J connectivity index is 4.04. The van der Waals surface area contributed by atoms with Gasteiger partial charge in [-0.05, 0) is 12.5 Å². The van der Waals surface area contributed by atoms with E-state index in [1.807, 2.05) is 11.4 Å². The number of hydrogen-bond donors (Lipinski definition) is 1. The van der Waals surface area contributed by atoms with E-state index >= 15 is 0 Å². The van der Waals surface area contributed by atoms with Crippen LogP contribution in [0.1, 0.15) is 12.8 Å². The van der Waals surface area contributed by atoms with E-state index in [1.165, 1.54) is 0 Å². The summed E-state index contributed by atoms with van der Waals surface area (Å²) >= 11 is 0. The third kappa shape index (κ3) is 3.17. The molecule has 0 unspecified atom stereocenters. The lowest BCUT2D eigenvalue weighted by Crippen LogP contribution is -2.45. The smallest absolute Gasteiger partial charge is 0.167 e. The number of nitriles is 1. The van der Waals surface area contributed by atoms with Crippen LogP contribution in [0.3, 0.4) is 0 Å². The summed E-state index contributed by atoms with van der Waals surface area (Å²) in [6.07, 6.45) is 1.59. The van der Waals surface area contributed by atoms with Gasteiger partial charge in [-0.2, -0.15) is 5.26 Å². The quantitative estimate of drug-likeness (QED) is 0.498. The van der Waals surface area contributed by atoms with E-state index in [-0.39, 0.29) is 0 Å². The number of hydrogen-bond acceptors (Lipinski definition) is 2. The van der Waals surface area contributed by atoms with E-state index in [2.05, 4.69) is 23.9 Å². The van der Waals surface area contributed by atoms with Crippen molar-refractivity contribution in [1.82, 2.24) is 4.65 Å². The topological polar surface area (TPSA) is 35.8 Å². The zero-order chi connectivity index (χ0) is 9.45. The fourth-order valence-electron chi connectivity index (χ4n) is 1.08. The van der Waals surface area contributed by atoms with Gasteiger partial charge in [-0.25, -0.2) is 0 Å². The first kappa shape index (κ1) is 11.4. The summed E-state index contributed by atoms with van der Waals surface area (Å²) in [5.41, 5.74) is 4.01. The lowest BCUT2D eigenvalue weighted by atomic mass is 10.4. The first-order valence-electron chi connectivity index (χ1n) is 4.07. The summed E-state index contributed by atoms with van der Waals surface area (Å²) < 4.78 is 3.41. The van der Waals surface area contributed by atoms with Crippen molar-refractivity contribution in [3.8, 4) is 6.07 Å². The highest BCUT2D eigenvalue weighted by Gasteiger charge is 2.22. The van der Waals surface area contributed by atoms with E-state index < -0.39 is 8.24 Å². The molecular formula is C8H16N2Si2. The molecule has 0 aromatic rings. The lowest BCUT2D eigenvalue weighted by molar-refractivity contribution is 0.941. The first-order chi connectivity index (χ1) is 5.74. The van der Waals surface area contributed by atoms with Crippen molar-refractivity contribution in [2.45, 2.75) is 18.9 Å². The Morgan fingerprint density at radius 1 is 1.50 bits per heavy atom. The maximum Gasteiger partial charge on any atom is 0.167 e. The molecule has 0 atom stereocenters. The minimum Gasteiger partial charge on any atom is -0.360 e. The van der Waals surface area contributed by atoms with Crippen LogP contribution < -0.4 is 4.65 Å². The van der Waals surface area contributed by atoms with Crippen LogP contribution in [0.15, 0.2) is 24.6 Å². The van der Waals surface area contributed by atoms with Crippen molar-refractivity contribution in [3.63, 3.8) is 0 Å². The van der Waals surface area contributed by atoms with Crippen LogP contribution in [0.4, 0.5) is 0 Å². The normalized spacial score (nSPS) is 10.6. The summed E-state index contributed by atoms with van der Waals surface area (Å²) in [6.45, 7) is 7.64. The second kappa shape index (κ2) is 5.94. The number of nitrogens with zero attached hydrogens (tertiary/aromatic N) is 1. The molecule has 12 heavy (non-hydrogen) atoms. The van der Waals surface area contributed by atoms with Crippen molar-refractivity contribution < 1.29 is 0 Å². The predicted molar refractivity (Wildman–Crippen MR) is 58.9 cm³/mol. The molecular weight excluding hydrogens is 180 g/mol. The molecule has 0 amide bonds. The summed E-state index contributed by atoms with van der Waals surface area (Å²) in [6, 6.07) is 3.20. The van der Waals surface area contributed by atoms with Crippen LogP contribution in [-0.4, -0.2) is 18.6 Å². The number of nitrogens with one attached hydrogen (secondary N) is 1. The Bertz CT molecular complexity index is 188. The maximum absolute atomic E-state index is 8.38. The van der Waals surface area contributed by atoms with Gasteiger partial charge in [0.05, 0.1) is 16.5 Å². The molecule has 0 spiro atoms. The zero-order valence-corrected chi connectivity index (χ0v) is 10.6. The average Bonchev–Trinajstić information content (AvgIpc) is 2.14. The standard InChI is InChI=1S/C8H16N2Si2/c1-3-12(4-2,10-11)8-6-5-7-9/h3-4,10H,1-2,5-6,8H2,11H3. The Kier molecular flexibility index (Phi) is 5.63. The predicted octanol–water partition coefficient (Wildman–Crippen LogP) is 0.556. The molecule has 66 valence electrons. The van der Waals surface area contributed by atoms with E-state index in [9.17, 15) is 0 Å². The van der Waals surface area contributed by atoms with Gasteiger partial charge >= 0.3 is 0 Å². The summed E-state index contributed by atoms with van der Waals surface area (Å²) in [5, 5.41) is 8.38. The van der Waals surface area contributed by atoms with Crippen LogP contribution in [0.25, 0.3) is 0 Å². The van der Waals surface area contributed by atoms with E-state index in [0.717, 1.165) is 22.9 Å². The minimum absolute atomic E-state index is 0.639. The molecule has 0 aliphatic carbocycles. The second-order valence-electron chi connectivity index (χ2n) is 2.71. The maximum atomic E-state index is 8.38. The van der Waals surface area contributed by atoms with Gasteiger partial charge in [0.25, 0.3) is 0 Å². The third-order valence-corrected chi connectivity index (χ3v) is 8.43. The van der Waals surface area contributed by atoms with Gasteiger partial charge in [-0.15, -0.1) is 13.2 Å². The molecule has 0 heterocycles. The SMILES string of the molecule is C=C[Si](C=C)(CCCC#N)N[SiH3]. The lowest BCUT2D eigenvalue weighted by Gasteiger charge is -2.22. The molecule has 0 rings (SSSR count). The molecule has 0 fully saturated rings. The summed E-state index contributed by atoms with van der Waals surface area (Å²) in [7, 11) is -0.596. The summed E-state index contributed by atoms with van der Waals surface area (Å²) in [4.78, 5) is 0. The highest BCUT2D eigenvalue weighted by molar-refractivity contribution is 6.89. The molecule has 0 aliphatic heterocycles. The van der Waals surface area contributed by atoms with Crippen LogP contribution in [0.2, 0.25) is 6.04 Å². The number of unbranched alkanes of at least 4 members (excludes halogenated alkanes) is 1. The molecule has 0 bridgehead atoms. The van der Waals surface area contributed by atoms with Crippen molar-refractivity contribution in [1.29, 1.82) is 5.26 Å². The van der Waals surface area contributed by atoms with Crippen molar-refractivity contribution in [2.75, 3.05) is 0 Å². The zero-order valence-electron chi connectivity index (χ0n) is 7.64. The Hall–Kier alpha value is -0.636. The minimum atomic E-state index is -1.57. The molecule has 0 aromatic carbocycles. The van der Waals surface area contributed by atoms with Gasteiger partial charge in [0.15, 0.2) is 8.24 Å². The monoisotopic (exact) mass is 196 g/mol. The van der Waals surface area contributed by atoms with Gasteiger partial charge < -0.3 is 4.65 Å². The molecule has 0 saturated carbocycles. The second-order valence-corrected chi connectivity index (χ2v) is 8.11. The Labute approximate surface area is 78.6 Å². The number of rotatable bonds is 6. The van der Waals surface area contributed by atoms with Crippen LogP contribution >= 0.6 is 0 Å². The van der Waals surface area contributed by atoms with Crippen molar-refractivity contribution in [3.05, 3.63) is 24.6 Å². The van der Waals surface area contributed by atoms with Gasteiger partial charge in [0, 0.05) is 6.42 Å². The first-order valence-corrected chi connectivity index (χ1v) is 7.44. The Morgan fingerprint density at radius 3 is 2.42 bits per heavy atom. The molecule has 1 N–H and O–H groups in total. The Morgan fingerprint density at radius 2 is 2.08 bits per heavy atom. The van der Waals surface area contributed by atoms with Crippen LogP contribution in [0, 0.1) is 11.3 Å². The molecule has 0 saturated heterocycles. The highest BCUT2D eigenvalue weighted by atomic mass is 28.4. The largest absolute Gasteiger partial charge is 0.360 e. The van der Waals surface area contributed by atoms with Crippen molar-refractivity contribution >= 4 is 18.6 Å². The molecule has 4 heteroatoms. The van der Waals surface area contributed by atoms with Gasteiger partial charge in [0.1, 0.15) is 0 Å². The molecule has 0 aliphatic rings. The van der Waals surface area contributed by atoms with Gasteiger partial charge in [-0.1, -0.05) is 11.4 Å². The van der Waals surface area contributed by atoms with Gasteiger partial charge in [-0.3, -0.25) is 0 Å². The van der Waals surface area contributed by atoms with E-state index in [0.29, 0.717) is 6.42 Å². The third-order valence-electron chi connectivity index (χ3n) is 2.07. The highest BCUT2D eigenvalue weighted by Crippen LogP contribution is 2.12. The molecule has 0 aromatic heterocycles. The average molecular weight is 196 g/mol. The van der Waals surface area contributed by atoms with E-state index in [1.54, 1.807) is 0 Å². The fraction of sp³-hybridized carbons (Fsp3) is 0.375. The molecule has 0 radical (unpaired) electrons. The van der Waals surface area contributed by atoms with E-state index in [4.69, 9.17) is 5.26 Å². The fourth-order valence-corrected chi connectivity index (χ4v) is 5.05. The van der Waals surface area contributed by atoms with Crippen molar-refractivity contribution in [2.24, 2.45) is 0 Å². The van der Waals surface area contributed by atoms with Gasteiger partial charge in [0.2, 0.25) is 0 Å².